The summed E-state index contributed by atoms with van der Waals surface area (Å²) in [6.07, 6.45) is 6.37. The predicted molar refractivity (Wildman–Crippen MR) is 226 cm³/mol. The molecule has 0 radical (unpaired) electrons. The number of hydrogen-bond donors (Lipinski definition) is 0. The van der Waals surface area contributed by atoms with Crippen LogP contribution in [0.1, 0.15) is 54.5 Å². The maximum Gasteiger partial charge on any atom is 0.178 e. The van der Waals surface area contributed by atoms with Crippen LogP contribution in [-0.2, 0) is 11.0 Å². The van der Waals surface area contributed by atoms with E-state index in [-0.39, 0.29) is 11.2 Å². The van der Waals surface area contributed by atoms with Crippen molar-refractivity contribution in [3.63, 3.8) is 0 Å². The van der Waals surface area contributed by atoms with Crippen LogP contribution in [0, 0.1) is 5.82 Å². The highest BCUT2D eigenvalue weighted by Crippen LogP contribution is 2.60. The molecule has 0 saturated heterocycles. The van der Waals surface area contributed by atoms with E-state index in [1.165, 1.54) is 39.8 Å². The molecule has 1 aromatic heterocycles. The second-order valence-electron chi connectivity index (χ2n) is 14.8. The number of aromatic nitrogens is 2. The molecule has 1 unspecified atom stereocenters. The Bertz CT molecular complexity index is 2750. The van der Waals surface area contributed by atoms with E-state index >= 15 is 0 Å². The number of hydrogen-bond acceptors (Lipinski definition) is 3. The van der Waals surface area contributed by atoms with E-state index in [9.17, 15) is 4.39 Å². The number of benzene rings is 7. The van der Waals surface area contributed by atoms with Crippen LogP contribution < -0.4 is 4.74 Å². The number of ether oxygens (including phenoxy) is 1. The third-order valence-electron chi connectivity index (χ3n) is 12.0. The molecule has 1 aliphatic carbocycles. The Hall–Kier alpha value is -6.65. The molecule has 10 rings (SSSR count). The molecule has 0 fully saturated rings. The van der Waals surface area contributed by atoms with Crippen molar-refractivity contribution in [1.29, 1.82) is 0 Å². The molecule has 4 heteroatoms. The lowest BCUT2D eigenvalue weighted by Crippen LogP contribution is -2.35. The van der Waals surface area contributed by atoms with Crippen molar-refractivity contribution in [2.75, 3.05) is 0 Å². The average Bonchev–Trinajstić information content (AvgIpc) is 3.58. The Morgan fingerprint density at radius 3 is 1.86 bits per heavy atom. The largest absolute Gasteiger partial charge is 0.472 e. The normalized spacial score (nSPS) is 16.2. The lowest BCUT2D eigenvalue weighted by Gasteiger charge is -2.39. The third kappa shape index (κ3) is 5.16. The van der Waals surface area contributed by atoms with Crippen LogP contribution >= 0.6 is 0 Å². The molecule has 56 heavy (non-hydrogen) atoms. The number of rotatable bonds is 7. The first-order valence-electron chi connectivity index (χ1n) is 19.5. The minimum absolute atomic E-state index is 0.166. The zero-order valence-electron chi connectivity index (χ0n) is 31.3. The quantitative estimate of drug-likeness (QED) is 0.164. The lowest BCUT2D eigenvalue weighted by atomic mass is 9.71. The van der Waals surface area contributed by atoms with Gasteiger partial charge in [0.05, 0.1) is 11.4 Å². The minimum Gasteiger partial charge on any atom is -0.472 e. The SMILES string of the molecule is CCC1(CC)c2ccccc2-c2c1c1c(c3ccccc23)OC(c2ccc(F)cc2)(c2cccc(-c3nc(-c4ccccc4)cc(-c4ccccc4)n3)c2)C=C1. The second-order valence-corrected chi connectivity index (χ2v) is 14.8. The van der Waals surface area contributed by atoms with Gasteiger partial charge >= 0.3 is 0 Å². The van der Waals surface area contributed by atoms with Crippen LogP contribution in [0.4, 0.5) is 4.39 Å². The molecule has 0 saturated carbocycles. The molecular weight excluding hydrogens is 688 g/mol. The fourth-order valence-electron chi connectivity index (χ4n) is 9.26. The first-order chi connectivity index (χ1) is 27.5. The first-order valence-corrected chi connectivity index (χ1v) is 19.5. The third-order valence-corrected chi connectivity index (χ3v) is 12.0. The highest BCUT2D eigenvalue weighted by atomic mass is 19.1. The van der Waals surface area contributed by atoms with Crippen molar-refractivity contribution in [2.45, 2.75) is 37.7 Å². The van der Waals surface area contributed by atoms with Gasteiger partial charge in [0.2, 0.25) is 0 Å². The second kappa shape index (κ2) is 13.3. The molecule has 1 aliphatic heterocycles. The number of halogens is 1. The summed E-state index contributed by atoms with van der Waals surface area (Å²) in [6.45, 7) is 4.60. The van der Waals surface area contributed by atoms with Crippen LogP contribution in [0.5, 0.6) is 5.75 Å². The molecule has 0 amide bonds. The van der Waals surface area contributed by atoms with Gasteiger partial charge in [0.15, 0.2) is 11.4 Å². The summed E-state index contributed by atoms with van der Waals surface area (Å²) in [4.78, 5) is 10.3. The molecule has 2 heterocycles. The molecule has 1 atom stereocenters. The van der Waals surface area contributed by atoms with E-state index in [1.807, 2.05) is 54.6 Å². The summed E-state index contributed by atoms with van der Waals surface area (Å²) < 4.78 is 22.2. The van der Waals surface area contributed by atoms with Crippen molar-refractivity contribution in [1.82, 2.24) is 9.97 Å². The highest BCUT2D eigenvalue weighted by molar-refractivity contribution is 6.08. The van der Waals surface area contributed by atoms with Gasteiger partial charge in [-0.05, 0) is 70.8 Å². The Morgan fingerprint density at radius 2 is 1.18 bits per heavy atom. The molecule has 270 valence electrons. The summed E-state index contributed by atoms with van der Waals surface area (Å²) in [5.41, 5.74) is 11.4. The van der Waals surface area contributed by atoms with Gasteiger partial charge in [-0.3, -0.25) is 0 Å². The molecule has 7 aromatic carbocycles. The summed E-state index contributed by atoms with van der Waals surface area (Å²) in [5.74, 6) is 1.15. The van der Waals surface area contributed by atoms with Gasteiger partial charge in [-0.1, -0.05) is 159 Å². The molecule has 0 N–H and O–H groups in total. The smallest absolute Gasteiger partial charge is 0.178 e. The first kappa shape index (κ1) is 33.9. The van der Waals surface area contributed by atoms with Gasteiger partial charge in [-0.15, -0.1) is 0 Å². The van der Waals surface area contributed by atoms with Crippen LogP contribution in [0.3, 0.4) is 0 Å². The number of nitrogens with zero attached hydrogens (tertiary/aromatic N) is 2. The predicted octanol–water partition coefficient (Wildman–Crippen LogP) is 13.2. The number of fused-ring (bicyclic) bond motifs is 8. The van der Waals surface area contributed by atoms with Gasteiger partial charge < -0.3 is 4.74 Å². The van der Waals surface area contributed by atoms with Crippen LogP contribution in [0.25, 0.3) is 61.9 Å². The fraction of sp³-hybridized carbons (Fsp3) is 0.115. The van der Waals surface area contributed by atoms with Crippen LogP contribution in [-0.4, -0.2) is 9.97 Å². The maximum absolute atomic E-state index is 14.6. The molecule has 0 spiro atoms. The van der Waals surface area contributed by atoms with Gasteiger partial charge in [0.1, 0.15) is 11.6 Å². The zero-order valence-corrected chi connectivity index (χ0v) is 31.3. The van der Waals surface area contributed by atoms with Crippen molar-refractivity contribution < 1.29 is 9.13 Å². The Morgan fingerprint density at radius 1 is 0.571 bits per heavy atom. The van der Waals surface area contributed by atoms with Crippen molar-refractivity contribution >= 4 is 16.8 Å². The minimum atomic E-state index is -1.08. The molecular formula is C52H39FN2O. The fourth-order valence-corrected chi connectivity index (χ4v) is 9.26. The molecule has 0 bridgehead atoms. The topological polar surface area (TPSA) is 35.0 Å². The van der Waals surface area contributed by atoms with Gasteiger partial charge in [0.25, 0.3) is 0 Å². The molecule has 3 nitrogen and oxygen atoms in total. The standard InChI is InChI=1S/C52H39FN2O/c1-3-51(4-2)44-25-14-13-24-42(44)47-40-22-11-12-23-41(40)49-43(48(47)51)30-31-52(56-49,37-26-28-39(53)29-27-37)38-21-15-20-36(32-38)50-54-45(34-16-7-5-8-17-34)33-46(55-50)35-18-9-6-10-19-35/h5-33H,3-4H2,1-2H3. The van der Waals surface area contributed by atoms with Crippen LogP contribution in [0.15, 0.2) is 170 Å². The zero-order chi connectivity index (χ0) is 37.9. The molecule has 8 aromatic rings. The van der Waals surface area contributed by atoms with E-state index in [0.29, 0.717) is 5.82 Å². The van der Waals surface area contributed by atoms with Gasteiger partial charge in [-0.2, -0.15) is 0 Å². The van der Waals surface area contributed by atoms with E-state index in [2.05, 4.69) is 123 Å². The van der Waals surface area contributed by atoms with Gasteiger partial charge in [-0.25, -0.2) is 14.4 Å². The van der Waals surface area contributed by atoms with E-state index in [0.717, 1.165) is 68.7 Å². The summed E-state index contributed by atoms with van der Waals surface area (Å²) in [6, 6.07) is 55.0. The van der Waals surface area contributed by atoms with Crippen molar-refractivity contribution in [3.8, 4) is 50.8 Å². The summed E-state index contributed by atoms with van der Waals surface area (Å²) in [7, 11) is 0. The monoisotopic (exact) mass is 726 g/mol. The van der Waals surface area contributed by atoms with Gasteiger partial charge in [0, 0.05) is 44.2 Å². The Labute approximate surface area is 326 Å². The maximum atomic E-state index is 14.6. The van der Waals surface area contributed by atoms with E-state index < -0.39 is 5.60 Å². The highest BCUT2D eigenvalue weighted by Gasteiger charge is 2.46. The van der Waals surface area contributed by atoms with Crippen molar-refractivity contribution in [3.05, 3.63) is 204 Å². The Balaban J connectivity index is 1.20. The Kier molecular flexibility index (Phi) is 8.04. The van der Waals surface area contributed by atoms with Crippen LogP contribution in [0.2, 0.25) is 0 Å². The average molecular weight is 727 g/mol. The molecule has 2 aliphatic rings. The lowest BCUT2D eigenvalue weighted by molar-refractivity contribution is 0.163. The summed E-state index contributed by atoms with van der Waals surface area (Å²) >= 11 is 0. The van der Waals surface area contributed by atoms with E-state index in [4.69, 9.17) is 14.7 Å². The van der Waals surface area contributed by atoms with Crippen molar-refractivity contribution in [2.24, 2.45) is 0 Å². The summed E-state index contributed by atoms with van der Waals surface area (Å²) in [5, 5.41) is 2.23. The van der Waals surface area contributed by atoms with E-state index in [1.54, 1.807) is 0 Å².